The Balaban J connectivity index is 0. The summed E-state index contributed by atoms with van der Waals surface area (Å²) in [4.78, 5) is 15.8. The molecule has 122 valence electrons. The van der Waals surface area contributed by atoms with E-state index in [2.05, 4.69) is 4.52 Å². The van der Waals surface area contributed by atoms with E-state index in [0.29, 0.717) is 0 Å². The third kappa shape index (κ3) is 7.22. The van der Waals surface area contributed by atoms with Gasteiger partial charge in [0.25, 0.3) is 0 Å². The summed E-state index contributed by atoms with van der Waals surface area (Å²) in [7, 11) is -5.56. The van der Waals surface area contributed by atoms with Crippen LogP contribution in [-0.2, 0) is 9.09 Å². The molecule has 0 heterocycles. The SMILES string of the molecule is CC=CC.O=P(O)(O)OCC(F)(F)C(F)(F)C(F)(F)F. The number of halogens is 7. The van der Waals surface area contributed by atoms with Crippen LogP contribution in [-0.4, -0.2) is 34.4 Å². The van der Waals surface area contributed by atoms with Crippen molar-refractivity contribution in [3.8, 4) is 0 Å². The Labute approximate surface area is 109 Å². The molecule has 0 aromatic heterocycles. The molecule has 0 amide bonds. The summed E-state index contributed by atoms with van der Waals surface area (Å²) in [6, 6.07) is 0. The minimum absolute atomic E-state index is 2.00. The number of rotatable bonds is 4. The predicted octanol–water partition coefficient (Wildman–Crippen LogP) is 3.51. The molecule has 4 nitrogen and oxygen atoms in total. The molecule has 0 aromatic carbocycles. The van der Waals surface area contributed by atoms with Gasteiger partial charge in [-0.1, -0.05) is 12.2 Å². The van der Waals surface area contributed by atoms with Gasteiger partial charge in [-0.25, -0.2) is 4.57 Å². The van der Waals surface area contributed by atoms with Crippen molar-refractivity contribution < 1.29 is 49.6 Å². The van der Waals surface area contributed by atoms with Gasteiger partial charge in [-0.15, -0.1) is 0 Å². The summed E-state index contributed by atoms with van der Waals surface area (Å²) in [5, 5.41) is 0. The lowest BCUT2D eigenvalue weighted by atomic mass is 10.2. The van der Waals surface area contributed by atoms with Crippen molar-refractivity contribution in [3.05, 3.63) is 12.2 Å². The van der Waals surface area contributed by atoms with E-state index >= 15 is 0 Å². The van der Waals surface area contributed by atoms with Crippen molar-refractivity contribution in [3.63, 3.8) is 0 Å². The summed E-state index contributed by atoms with van der Waals surface area (Å²) >= 11 is 0. The van der Waals surface area contributed by atoms with E-state index in [-0.39, 0.29) is 0 Å². The summed E-state index contributed by atoms with van der Waals surface area (Å²) < 4.78 is 95.9. The lowest BCUT2D eigenvalue weighted by Crippen LogP contribution is -2.54. The number of allylic oxidation sites excluding steroid dienone is 2. The highest BCUT2D eigenvalue weighted by Gasteiger charge is 2.73. The zero-order chi connectivity index (χ0) is 16.8. The lowest BCUT2D eigenvalue weighted by Gasteiger charge is -2.27. The van der Waals surface area contributed by atoms with Gasteiger partial charge < -0.3 is 9.79 Å². The third-order valence-corrected chi connectivity index (χ3v) is 2.03. The number of hydrogen-bond acceptors (Lipinski definition) is 2. The fourth-order valence-electron chi connectivity index (χ4n) is 0.463. The van der Waals surface area contributed by atoms with Gasteiger partial charge in [-0.3, -0.25) is 4.52 Å². The summed E-state index contributed by atoms with van der Waals surface area (Å²) in [5.41, 5.74) is 0. The van der Waals surface area contributed by atoms with Gasteiger partial charge in [0.1, 0.15) is 6.61 Å². The molecule has 0 fully saturated rings. The van der Waals surface area contributed by atoms with E-state index in [1.807, 2.05) is 26.0 Å². The molecule has 2 N–H and O–H groups in total. The van der Waals surface area contributed by atoms with E-state index in [1.165, 1.54) is 0 Å². The second-order valence-electron chi connectivity index (χ2n) is 3.21. The Kier molecular flexibility index (Phi) is 8.00. The van der Waals surface area contributed by atoms with Crippen molar-refractivity contribution in [1.29, 1.82) is 0 Å². The van der Waals surface area contributed by atoms with Crippen LogP contribution in [0.2, 0.25) is 0 Å². The van der Waals surface area contributed by atoms with Gasteiger partial charge in [0.15, 0.2) is 0 Å². The molecule has 0 radical (unpaired) electrons. The van der Waals surface area contributed by atoms with Crippen LogP contribution in [0.3, 0.4) is 0 Å². The third-order valence-electron chi connectivity index (χ3n) is 1.56. The molecule has 0 aliphatic carbocycles. The van der Waals surface area contributed by atoms with Crippen LogP contribution in [0, 0.1) is 0 Å². The van der Waals surface area contributed by atoms with Crippen LogP contribution in [0.1, 0.15) is 13.8 Å². The highest BCUT2D eigenvalue weighted by molar-refractivity contribution is 7.46. The Hall–Kier alpha value is -0.640. The minimum atomic E-state index is -6.56. The van der Waals surface area contributed by atoms with Gasteiger partial charge in [0.2, 0.25) is 0 Å². The smallest absolute Gasteiger partial charge is 0.303 e. The number of phosphoric acid groups is 1. The van der Waals surface area contributed by atoms with E-state index in [0.717, 1.165) is 0 Å². The standard InChI is InChI=1S/C4H4F7O4P.C4H8/c5-2(6,1-15-16(12,13)14)3(7,8)4(9,10)11;1-3-4-2/h1H2,(H2,12,13,14);3-4H,1-2H3. The maximum Gasteiger partial charge on any atom is 0.469 e. The second kappa shape index (κ2) is 7.39. The maximum absolute atomic E-state index is 12.3. The molecule has 0 saturated carbocycles. The van der Waals surface area contributed by atoms with Crippen LogP contribution in [0.25, 0.3) is 0 Å². The van der Waals surface area contributed by atoms with Crippen LogP contribution in [0.5, 0.6) is 0 Å². The Morgan fingerprint density at radius 1 is 1.00 bits per heavy atom. The Bertz CT molecular complexity index is 356. The van der Waals surface area contributed by atoms with Crippen LogP contribution >= 0.6 is 7.82 Å². The molecule has 0 bridgehead atoms. The molecule has 0 spiro atoms. The first-order valence-electron chi connectivity index (χ1n) is 4.72. The number of hydrogen-bond donors (Lipinski definition) is 2. The van der Waals surface area contributed by atoms with Crippen molar-refractivity contribution in [1.82, 2.24) is 0 Å². The minimum Gasteiger partial charge on any atom is -0.303 e. The Morgan fingerprint density at radius 3 is 1.55 bits per heavy atom. The molecule has 0 aromatic rings. The van der Waals surface area contributed by atoms with Crippen molar-refractivity contribution in [2.45, 2.75) is 31.9 Å². The van der Waals surface area contributed by atoms with Crippen molar-refractivity contribution >= 4 is 7.82 Å². The highest BCUT2D eigenvalue weighted by atomic mass is 31.2. The summed E-state index contributed by atoms with van der Waals surface area (Å²) in [6.45, 7) is 1.24. The van der Waals surface area contributed by atoms with E-state index in [9.17, 15) is 35.3 Å². The quantitative estimate of drug-likeness (QED) is 0.468. The summed E-state index contributed by atoms with van der Waals surface area (Å²) in [6.07, 6.45) is -2.56. The molecule has 0 saturated heterocycles. The Morgan fingerprint density at radius 2 is 1.35 bits per heavy atom. The van der Waals surface area contributed by atoms with E-state index in [1.54, 1.807) is 0 Å². The molecular formula is C8H12F7O4P. The van der Waals surface area contributed by atoms with Gasteiger partial charge in [0.05, 0.1) is 0 Å². The number of phosphoric ester groups is 1. The van der Waals surface area contributed by atoms with Gasteiger partial charge >= 0.3 is 25.8 Å². The molecule has 0 atom stereocenters. The molecule has 0 rings (SSSR count). The normalized spacial score (nSPS) is 14.2. The zero-order valence-electron chi connectivity index (χ0n) is 10.2. The molecule has 20 heavy (non-hydrogen) atoms. The lowest BCUT2D eigenvalue weighted by molar-refractivity contribution is -0.358. The fourth-order valence-corrected chi connectivity index (χ4v) is 0.793. The topological polar surface area (TPSA) is 66.8 Å². The number of alkyl halides is 7. The zero-order valence-corrected chi connectivity index (χ0v) is 11.1. The molecule has 0 aliphatic heterocycles. The van der Waals surface area contributed by atoms with Crippen LogP contribution in [0.4, 0.5) is 30.7 Å². The van der Waals surface area contributed by atoms with Crippen molar-refractivity contribution in [2.75, 3.05) is 6.61 Å². The second-order valence-corrected chi connectivity index (χ2v) is 4.45. The maximum atomic E-state index is 12.3. The van der Waals surface area contributed by atoms with Crippen LogP contribution < -0.4 is 0 Å². The molecule has 12 heteroatoms. The van der Waals surface area contributed by atoms with Gasteiger partial charge in [-0.2, -0.15) is 30.7 Å². The van der Waals surface area contributed by atoms with Gasteiger partial charge in [0, 0.05) is 0 Å². The van der Waals surface area contributed by atoms with E-state index < -0.39 is 32.5 Å². The molecule has 0 unspecified atom stereocenters. The first kappa shape index (κ1) is 21.7. The van der Waals surface area contributed by atoms with Crippen LogP contribution in [0.15, 0.2) is 12.2 Å². The van der Waals surface area contributed by atoms with Gasteiger partial charge in [-0.05, 0) is 13.8 Å². The summed E-state index contributed by atoms with van der Waals surface area (Å²) in [5.74, 6) is -12.2. The molecular weight excluding hydrogens is 324 g/mol. The fraction of sp³-hybridized carbons (Fsp3) is 0.750. The van der Waals surface area contributed by atoms with Crippen molar-refractivity contribution in [2.24, 2.45) is 0 Å². The first-order valence-corrected chi connectivity index (χ1v) is 6.25. The average molecular weight is 336 g/mol. The first-order chi connectivity index (χ1) is 8.62. The predicted molar refractivity (Wildman–Crippen MR) is 54.4 cm³/mol. The average Bonchev–Trinajstić information content (AvgIpc) is 2.24. The molecule has 0 aliphatic rings. The van der Waals surface area contributed by atoms with E-state index in [4.69, 9.17) is 9.79 Å². The highest BCUT2D eigenvalue weighted by Crippen LogP contribution is 2.48. The monoisotopic (exact) mass is 336 g/mol. The largest absolute Gasteiger partial charge is 0.469 e.